The Morgan fingerprint density at radius 3 is 1.83 bits per heavy atom. The van der Waals surface area contributed by atoms with Crippen LogP contribution in [0, 0.1) is 0 Å². The van der Waals surface area contributed by atoms with E-state index in [2.05, 4.69) is 108 Å². The minimum Gasteiger partial charge on any atom is -0.366 e. The van der Waals surface area contributed by atoms with E-state index in [4.69, 9.17) is 16.7 Å². The summed E-state index contributed by atoms with van der Waals surface area (Å²) < 4.78 is 11.7. The van der Waals surface area contributed by atoms with Crippen molar-refractivity contribution in [2.45, 2.75) is 45.4 Å². The average Bonchev–Trinajstić information content (AvgIpc) is 2.96. The lowest BCUT2D eigenvalue weighted by atomic mass is 10.1. The van der Waals surface area contributed by atoms with Crippen molar-refractivity contribution in [2.75, 3.05) is 22.9 Å². The van der Waals surface area contributed by atoms with Gasteiger partial charge < -0.3 is 24.5 Å². The van der Waals surface area contributed by atoms with Crippen molar-refractivity contribution in [2.24, 2.45) is 0 Å². The molecular formula is C22H31N4OPS. The van der Waals surface area contributed by atoms with Crippen molar-refractivity contribution >= 4 is 37.2 Å². The predicted octanol–water partition coefficient (Wildman–Crippen LogP) is 4.91. The molecule has 2 aromatic carbocycles. The van der Waals surface area contributed by atoms with Crippen LogP contribution < -0.4 is 20.0 Å². The lowest BCUT2D eigenvalue weighted by molar-refractivity contribution is 0.131. The molecule has 1 saturated heterocycles. The van der Waals surface area contributed by atoms with Crippen LogP contribution in [-0.2, 0) is 4.52 Å². The number of hydrogen-bond donors (Lipinski definition) is 2. The van der Waals surface area contributed by atoms with Crippen molar-refractivity contribution in [1.82, 2.24) is 10.6 Å². The summed E-state index contributed by atoms with van der Waals surface area (Å²) in [4.78, 5) is 0. The van der Waals surface area contributed by atoms with Crippen LogP contribution in [0.25, 0.3) is 0 Å². The van der Waals surface area contributed by atoms with Gasteiger partial charge in [0, 0.05) is 25.0 Å². The lowest BCUT2D eigenvalue weighted by Crippen LogP contribution is -2.44. The maximum absolute atomic E-state index is 6.84. The molecule has 1 aliphatic heterocycles. The molecule has 156 valence electrons. The maximum atomic E-state index is 6.84. The largest absolute Gasteiger partial charge is 0.366 e. The minimum atomic E-state index is -1.06. The molecule has 2 atom stereocenters. The van der Waals surface area contributed by atoms with Gasteiger partial charge in [0.25, 0.3) is 0 Å². The smallest absolute Gasteiger partial charge is 0.249 e. The first-order valence-corrected chi connectivity index (χ1v) is 11.5. The van der Waals surface area contributed by atoms with Crippen molar-refractivity contribution < 1.29 is 4.52 Å². The molecule has 5 nitrogen and oxygen atoms in total. The molecule has 1 fully saturated rings. The summed E-state index contributed by atoms with van der Waals surface area (Å²) in [7, 11) is 0.758. The van der Waals surface area contributed by atoms with Gasteiger partial charge in [-0.3, -0.25) is 0 Å². The van der Waals surface area contributed by atoms with Crippen LogP contribution in [0.2, 0.25) is 0 Å². The number of benzene rings is 2. The van der Waals surface area contributed by atoms with Crippen LogP contribution in [0.15, 0.2) is 60.7 Å². The van der Waals surface area contributed by atoms with E-state index in [0.717, 1.165) is 0 Å². The highest BCUT2D eigenvalue weighted by Gasteiger charge is 2.47. The monoisotopic (exact) mass is 430 g/mol. The molecular weight excluding hydrogens is 399 g/mol. The molecule has 0 spiro atoms. The zero-order valence-electron chi connectivity index (χ0n) is 17.8. The second kappa shape index (κ2) is 9.29. The van der Waals surface area contributed by atoms with Gasteiger partial charge in [-0.15, -0.1) is 0 Å². The summed E-state index contributed by atoms with van der Waals surface area (Å²) in [6.07, 6.45) is 0. The zero-order valence-corrected chi connectivity index (χ0v) is 19.5. The number of thiocarbonyl (C=S) groups is 1. The third-order valence-corrected chi connectivity index (χ3v) is 8.04. The van der Waals surface area contributed by atoms with Crippen LogP contribution in [0.3, 0.4) is 0 Å². The van der Waals surface area contributed by atoms with E-state index >= 15 is 0 Å². The van der Waals surface area contributed by atoms with Crippen LogP contribution in [0.1, 0.15) is 27.7 Å². The molecule has 0 unspecified atom stereocenters. The molecule has 1 heterocycles. The second-order valence-electron chi connectivity index (χ2n) is 7.88. The second-order valence-corrected chi connectivity index (χ2v) is 9.84. The summed E-state index contributed by atoms with van der Waals surface area (Å²) in [5, 5.41) is 6.84. The summed E-state index contributed by atoms with van der Waals surface area (Å²) in [5.41, 5.74) is 1.97. The van der Waals surface area contributed by atoms with Gasteiger partial charge in [0.05, 0.1) is 17.7 Å². The number of anilines is 2. The molecule has 1 aliphatic rings. The van der Waals surface area contributed by atoms with E-state index in [1.54, 1.807) is 0 Å². The SMILES string of the molecule is CNC(=S)NCC(C)(C)OP1N(c2ccccc2)[C@H](C)[C@@H](C)N1c1ccccc1. The van der Waals surface area contributed by atoms with E-state index < -0.39 is 14.1 Å². The fourth-order valence-electron chi connectivity index (χ4n) is 3.38. The molecule has 0 bridgehead atoms. The van der Waals surface area contributed by atoms with Crippen LogP contribution >= 0.6 is 20.7 Å². The molecule has 0 saturated carbocycles. The lowest BCUT2D eigenvalue weighted by Gasteiger charge is -2.38. The van der Waals surface area contributed by atoms with Gasteiger partial charge in [-0.1, -0.05) is 36.4 Å². The Bertz CT molecular complexity index is 753. The first-order chi connectivity index (χ1) is 13.8. The van der Waals surface area contributed by atoms with Gasteiger partial charge in [0.15, 0.2) is 5.11 Å². The quantitative estimate of drug-likeness (QED) is 0.501. The highest BCUT2D eigenvalue weighted by atomic mass is 32.1. The first kappa shape index (κ1) is 21.8. The van der Waals surface area contributed by atoms with Gasteiger partial charge in [-0.2, -0.15) is 0 Å². The fourth-order valence-corrected chi connectivity index (χ4v) is 6.01. The Morgan fingerprint density at radius 1 is 0.966 bits per heavy atom. The number of hydrogen-bond acceptors (Lipinski definition) is 4. The van der Waals surface area contributed by atoms with E-state index in [9.17, 15) is 0 Å². The Morgan fingerprint density at radius 2 is 1.41 bits per heavy atom. The number of rotatable bonds is 6. The van der Waals surface area contributed by atoms with Crippen molar-refractivity contribution in [1.29, 1.82) is 0 Å². The molecule has 0 radical (unpaired) electrons. The Hall–Kier alpha value is -1.88. The average molecular weight is 431 g/mol. The van der Waals surface area contributed by atoms with E-state index in [0.29, 0.717) is 23.7 Å². The number of nitrogens with one attached hydrogen (secondary N) is 2. The Kier molecular flexibility index (Phi) is 6.99. The molecule has 2 aromatic rings. The van der Waals surface area contributed by atoms with Crippen molar-refractivity contribution in [3.8, 4) is 0 Å². The van der Waals surface area contributed by atoms with Crippen molar-refractivity contribution in [3.05, 3.63) is 60.7 Å². The third-order valence-electron chi connectivity index (χ3n) is 5.11. The molecule has 7 heteroatoms. The predicted molar refractivity (Wildman–Crippen MR) is 129 cm³/mol. The first-order valence-electron chi connectivity index (χ1n) is 9.97. The summed E-state index contributed by atoms with van der Waals surface area (Å²) in [6.45, 7) is 9.40. The molecule has 0 aliphatic carbocycles. The Labute approximate surface area is 181 Å². The van der Waals surface area contributed by atoms with Gasteiger partial charge >= 0.3 is 0 Å². The fraction of sp³-hybridized carbons (Fsp3) is 0.409. The highest BCUT2D eigenvalue weighted by molar-refractivity contribution is 7.80. The summed E-state index contributed by atoms with van der Waals surface area (Å²) in [6, 6.07) is 21.7. The van der Waals surface area contributed by atoms with Gasteiger partial charge in [-0.05, 0) is 64.2 Å². The van der Waals surface area contributed by atoms with Gasteiger partial charge in [0.2, 0.25) is 8.45 Å². The van der Waals surface area contributed by atoms with E-state index in [-0.39, 0.29) is 0 Å². The molecule has 2 N–H and O–H groups in total. The third kappa shape index (κ3) is 5.00. The Balaban J connectivity index is 1.94. The molecule has 0 amide bonds. The molecule has 0 aromatic heterocycles. The number of nitrogens with zero attached hydrogens (tertiary/aromatic N) is 2. The van der Waals surface area contributed by atoms with Crippen molar-refractivity contribution in [3.63, 3.8) is 0 Å². The standard InChI is InChI=1S/C22H31N4OPS/c1-17-18(2)26(20-14-10-7-11-15-20)28(25(17)19-12-8-6-9-13-19)27-22(3,4)16-24-21(29)23-5/h6-15,17-18H,16H2,1-5H3,(H2,23,24,29)/t17-,18-/m1/s1. The zero-order chi connectivity index (χ0) is 21.0. The minimum absolute atomic E-state index is 0.311. The van der Waals surface area contributed by atoms with E-state index in [1.165, 1.54) is 11.4 Å². The maximum Gasteiger partial charge on any atom is 0.249 e. The van der Waals surface area contributed by atoms with E-state index in [1.807, 2.05) is 7.05 Å². The highest BCUT2D eigenvalue weighted by Crippen LogP contribution is 2.60. The van der Waals surface area contributed by atoms with Crippen LogP contribution in [-0.4, -0.2) is 36.4 Å². The summed E-state index contributed by atoms with van der Waals surface area (Å²) >= 11 is 5.25. The van der Waals surface area contributed by atoms with Crippen LogP contribution in [0.5, 0.6) is 0 Å². The van der Waals surface area contributed by atoms with Gasteiger partial charge in [0.1, 0.15) is 0 Å². The van der Waals surface area contributed by atoms with Gasteiger partial charge in [-0.25, -0.2) is 0 Å². The number of para-hydroxylation sites is 2. The molecule has 29 heavy (non-hydrogen) atoms. The van der Waals surface area contributed by atoms with Crippen LogP contribution in [0.4, 0.5) is 11.4 Å². The summed E-state index contributed by atoms with van der Waals surface area (Å²) in [5.74, 6) is 0. The normalized spacial score (nSPS) is 20.0. The topological polar surface area (TPSA) is 39.8 Å². The molecule has 3 rings (SSSR count).